The van der Waals surface area contributed by atoms with Gasteiger partial charge in [-0.25, -0.2) is 4.57 Å². The van der Waals surface area contributed by atoms with Crippen molar-refractivity contribution in [3.63, 3.8) is 0 Å². The number of hydrogen-bond donors (Lipinski definition) is 1. The molecule has 4 amide bonds. The molecule has 1 saturated carbocycles. The van der Waals surface area contributed by atoms with Gasteiger partial charge < -0.3 is 32.8 Å². The van der Waals surface area contributed by atoms with Crippen LogP contribution >= 0.6 is 23.2 Å². The van der Waals surface area contributed by atoms with Crippen LogP contribution in [0.4, 0.5) is 0 Å². The molecule has 1 N–H and O–H groups in total. The summed E-state index contributed by atoms with van der Waals surface area (Å²) in [7, 11) is -10.8. The Morgan fingerprint density at radius 3 is 1.56 bits per heavy atom. The summed E-state index contributed by atoms with van der Waals surface area (Å²) in [4.78, 5) is 120. The zero-order valence-corrected chi connectivity index (χ0v) is 38.2. The maximum absolute atomic E-state index is 14.0. The van der Waals surface area contributed by atoms with Gasteiger partial charge >= 0.3 is 7.82 Å². The predicted molar refractivity (Wildman–Crippen MR) is 217 cm³/mol. The Kier molecular flexibility index (Phi) is 16.4. The molecule has 63 heavy (non-hydrogen) atoms. The van der Waals surface area contributed by atoms with Crippen LogP contribution in [0.2, 0.25) is 0 Å². The summed E-state index contributed by atoms with van der Waals surface area (Å²) in [5, 5.41) is 0. The maximum Gasteiger partial charge on any atom is 0.471 e. The summed E-state index contributed by atoms with van der Waals surface area (Å²) in [6.07, 6.45) is 12.4. The van der Waals surface area contributed by atoms with Crippen LogP contribution in [-0.2, 0) is 65.1 Å². The summed E-state index contributed by atoms with van der Waals surface area (Å²) in [6.45, 7) is 0.507. The average molecular weight is 944 g/mol. The van der Waals surface area contributed by atoms with Crippen molar-refractivity contribution in [3.05, 3.63) is 36.5 Å². The number of phosphoric acid groups is 2. The highest BCUT2D eigenvalue weighted by Gasteiger charge is 2.54. The summed E-state index contributed by atoms with van der Waals surface area (Å²) in [5.41, 5.74) is 0. The first-order valence-electron chi connectivity index (χ1n) is 21.2. The minimum absolute atomic E-state index is 0.0710. The Hall–Kier alpha value is -2.83. The van der Waals surface area contributed by atoms with Gasteiger partial charge in [0, 0.05) is 58.9 Å². The molecule has 13 atom stereocenters. The fourth-order valence-corrected chi connectivity index (χ4v) is 11.5. The van der Waals surface area contributed by atoms with Crippen molar-refractivity contribution < 1.29 is 79.8 Å². The molecule has 0 radical (unpaired) electrons. The van der Waals surface area contributed by atoms with Crippen molar-refractivity contribution in [2.24, 2.45) is 59.2 Å². The monoisotopic (exact) mass is 943 g/mol. The zero-order chi connectivity index (χ0) is 45.9. The average Bonchev–Trinajstić information content (AvgIpc) is 3.75. The molecule has 0 spiro atoms. The Bertz CT molecular complexity index is 1930. The van der Waals surface area contributed by atoms with E-state index < -0.39 is 100 Å². The van der Waals surface area contributed by atoms with Gasteiger partial charge in [0.15, 0.2) is 0 Å². The van der Waals surface area contributed by atoms with Crippen molar-refractivity contribution in [1.29, 1.82) is 0 Å². The lowest BCUT2D eigenvalue weighted by atomic mass is 9.76. The van der Waals surface area contributed by atoms with Gasteiger partial charge in [-0.15, -0.1) is 0 Å². The number of hydrogen-bond acceptors (Lipinski definition) is 17. The molecule has 6 aliphatic rings. The van der Waals surface area contributed by atoms with Crippen LogP contribution in [0.1, 0.15) is 44.9 Å². The number of rotatable bonds is 23. The van der Waals surface area contributed by atoms with Crippen LogP contribution in [0.15, 0.2) is 36.5 Å². The molecule has 4 aliphatic carbocycles. The van der Waals surface area contributed by atoms with E-state index in [1.165, 1.54) is 9.80 Å². The molecule has 350 valence electrons. The first-order valence-corrected chi connectivity index (χ1v) is 26.2. The van der Waals surface area contributed by atoms with Gasteiger partial charge in [0.25, 0.3) is 7.82 Å². The number of fused-ring (bicyclic) bond motifs is 3. The quantitative estimate of drug-likeness (QED) is 0.0662. The van der Waals surface area contributed by atoms with E-state index in [0.29, 0.717) is 19.3 Å². The molecule has 2 aliphatic heterocycles. The minimum atomic E-state index is -4.51. The Balaban J connectivity index is 1.14. The van der Waals surface area contributed by atoms with Crippen molar-refractivity contribution in [2.75, 3.05) is 73.4 Å². The number of allylic oxidation sites excluding steroid dienone is 6. The molecule has 23 heteroatoms. The topological polar surface area (TPSA) is 276 Å². The van der Waals surface area contributed by atoms with Crippen molar-refractivity contribution in [2.45, 2.75) is 44.9 Å². The fraction of sp³-hybridized carbons (Fsp3) is 0.700. The SMILES string of the molecule is COP(=O)([O-])OCCC1C=CCC2C(=O)N(CCN(CCC3C(=O)C4CC=CC(CCOP(C)(=O)[O-])C4C3=O)CCN3C(=O)C4CC=CC(CCOP(=O)(O)OC)C4C3=O)C(=O)C12. The second-order valence-electron chi connectivity index (χ2n) is 16.9. The van der Waals surface area contributed by atoms with Gasteiger partial charge in [0.2, 0.25) is 23.6 Å². The number of imide groups is 2. The van der Waals surface area contributed by atoms with E-state index in [9.17, 15) is 57.1 Å². The standard InChI is InChI=1S/C40H58N3O17P3/c1-56-62(52,53)59-23-15-26-8-5-11-29-33(26)39(48)42(37(29)46)20-18-41(17-13-31-35(44)28-10-4-7-25(32(28)36(31)45)14-22-58-61(3,50)51)19-21-43-38(47)30-12-6-9-27(34(30)40(43)49)16-24-60-63(54,55)57-2/h4-9,25-34H,10-24H2,1-3H3,(H,50,51)(H,52,53)(H,54,55)/p-2. The number of carbonyl (C=O) groups excluding carboxylic acids is 6. The summed E-state index contributed by atoms with van der Waals surface area (Å²) >= 11 is 0. The molecule has 6 rings (SSSR count). The normalized spacial score (nSPS) is 33.2. The largest absolute Gasteiger partial charge is 0.779 e. The van der Waals surface area contributed by atoms with Gasteiger partial charge in [-0.1, -0.05) is 36.5 Å². The molecule has 0 aromatic carbocycles. The lowest BCUT2D eigenvalue weighted by molar-refractivity contribution is -0.223. The van der Waals surface area contributed by atoms with Crippen LogP contribution in [0.25, 0.3) is 0 Å². The molecule has 2 heterocycles. The van der Waals surface area contributed by atoms with Gasteiger partial charge in [-0.2, -0.15) is 0 Å². The van der Waals surface area contributed by atoms with Crippen LogP contribution in [0, 0.1) is 59.2 Å². The highest BCUT2D eigenvalue weighted by atomic mass is 31.2. The number of phosphoric ester groups is 2. The number of Topliss-reactive ketones (excluding diaryl/α,β-unsaturated/α-hetero) is 2. The Labute approximate surface area is 366 Å². The van der Waals surface area contributed by atoms with Crippen LogP contribution in [0.3, 0.4) is 0 Å². The third-order valence-electron chi connectivity index (χ3n) is 13.3. The molecule has 0 aromatic heterocycles. The van der Waals surface area contributed by atoms with Gasteiger partial charge in [-0.05, 0) is 69.2 Å². The van der Waals surface area contributed by atoms with E-state index in [0.717, 1.165) is 20.9 Å². The zero-order valence-electron chi connectivity index (χ0n) is 35.5. The Morgan fingerprint density at radius 2 is 1.08 bits per heavy atom. The van der Waals surface area contributed by atoms with Crippen molar-refractivity contribution >= 4 is 58.4 Å². The highest BCUT2D eigenvalue weighted by molar-refractivity contribution is 7.50. The van der Waals surface area contributed by atoms with E-state index in [-0.39, 0.29) is 95.7 Å². The number of nitrogens with zero attached hydrogens (tertiary/aromatic N) is 3. The lowest BCUT2D eigenvalue weighted by Gasteiger charge is -2.28. The van der Waals surface area contributed by atoms with E-state index in [1.807, 2.05) is 17.1 Å². The number of likely N-dealkylation sites (tertiary alicyclic amines) is 2. The summed E-state index contributed by atoms with van der Waals surface area (Å²) < 4.78 is 58.8. The number of carbonyl (C=O) groups is 6. The predicted octanol–water partition coefficient (Wildman–Crippen LogP) is 1.87. The minimum Gasteiger partial charge on any atom is -0.779 e. The third kappa shape index (κ3) is 11.6. The molecular formula is C40H56N3O17P3-2. The van der Waals surface area contributed by atoms with Crippen LogP contribution in [0.5, 0.6) is 0 Å². The van der Waals surface area contributed by atoms with E-state index in [4.69, 9.17) is 13.6 Å². The molecule has 0 bridgehead atoms. The molecule has 3 fully saturated rings. The fourth-order valence-electron chi connectivity index (χ4n) is 10.2. The van der Waals surface area contributed by atoms with Crippen molar-refractivity contribution in [1.82, 2.24) is 14.7 Å². The Morgan fingerprint density at radius 1 is 0.619 bits per heavy atom. The molecule has 0 aromatic rings. The van der Waals surface area contributed by atoms with Gasteiger partial charge in [0.05, 0.1) is 49.4 Å². The van der Waals surface area contributed by atoms with Crippen LogP contribution in [-0.4, -0.2) is 128 Å². The lowest BCUT2D eigenvalue weighted by Crippen LogP contribution is -2.44. The number of amides is 4. The van der Waals surface area contributed by atoms with Crippen molar-refractivity contribution in [3.8, 4) is 0 Å². The molecular weight excluding hydrogens is 887 g/mol. The second-order valence-corrected chi connectivity index (χ2v) is 21.8. The molecule has 13 unspecified atom stereocenters. The van der Waals surface area contributed by atoms with Gasteiger partial charge in [-0.3, -0.25) is 57.1 Å². The highest BCUT2D eigenvalue weighted by Crippen LogP contribution is 2.47. The van der Waals surface area contributed by atoms with E-state index >= 15 is 0 Å². The second kappa shape index (κ2) is 20.8. The third-order valence-corrected chi connectivity index (χ3v) is 15.9. The number of ketones is 2. The van der Waals surface area contributed by atoms with Gasteiger partial charge in [0.1, 0.15) is 19.2 Å². The van der Waals surface area contributed by atoms with E-state index in [1.54, 1.807) is 24.3 Å². The first kappa shape index (κ1) is 49.6. The molecule has 2 saturated heterocycles. The first-order chi connectivity index (χ1) is 29.8. The molecule has 20 nitrogen and oxygen atoms in total. The van der Waals surface area contributed by atoms with E-state index in [2.05, 4.69) is 9.05 Å². The smallest absolute Gasteiger partial charge is 0.471 e. The summed E-state index contributed by atoms with van der Waals surface area (Å²) in [6, 6.07) is 0. The summed E-state index contributed by atoms with van der Waals surface area (Å²) in [5.74, 6) is -8.44. The van der Waals surface area contributed by atoms with Crippen LogP contribution < -0.4 is 9.79 Å². The maximum atomic E-state index is 14.0.